The minimum Gasteiger partial charge on any atom is -0.406 e. The highest BCUT2D eigenvalue weighted by Crippen LogP contribution is 2.25. The van der Waals surface area contributed by atoms with Gasteiger partial charge in [0.15, 0.2) is 0 Å². The van der Waals surface area contributed by atoms with E-state index < -0.39 is 6.36 Å². The van der Waals surface area contributed by atoms with Crippen molar-refractivity contribution in [3.63, 3.8) is 0 Å². The Morgan fingerprint density at radius 3 is 2.30 bits per heavy atom. The van der Waals surface area contributed by atoms with Crippen LogP contribution in [0.15, 0.2) is 48.5 Å². The van der Waals surface area contributed by atoms with Crippen LogP contribution in [0.3, 0.4) is 0 Å². The molecule has 20 heavy (non-hydrogen) atoms. The predicted octanol–water partition coefficient (Wildman–Crippen LogP) is 3.57. The molecule has 2 rings (SSSR count). The molecule has 0 aliphatic carbocycles. The highest BCUT2D eigenvalue weighted by molar-refractivity contribution is 5.59. The molecule has 0 bridgehead atoms. The SMILES string of the molecule is Nc1ccc(OC(F)(F)F)cc1C#Cc1ccccc1. The fourth-order valence-electron chi connectivity index (χ4n) is 1.50. The van der Waals surface area contributed by atoms with Gasteiger partial charge in [0.05, 0.1) is 5.56 Å². The number of benzene rings is 2. The molecule has 5 heteroatoms. The van der Waals surface area contributed by atoms with E-state index in [2.05, 4.69) is 16.6 Å². The highest BCUT2D eigenvalue weighted by atomic mass is 19.4. The lowest BCUT2D eigenvalue weighted by molar-refractivity contribution is -0.274. The fourth-order valence-corrected chi connectivity index (χ4v) is 1.50. The van der Waals surface area contributed by atoms with E-state index in [4.69, 9.17) is 5.73 Å². The zero-order valence-corrected chi connectivity index (χ0v) is 10.2. The van der Waals surface area contributed by atoms with Gasteiger partial charge in [-0.3, -0.25) is 0 Å². The van der Waals surface area contributed by atoms with Gasteiger partial charge in [-0.15, -0.1) is 13.2 Å². The van der Waals surface area contributed by atoms with Crippen LogP contribution >= 0.6 is 0 Å². The molecule has 0 aromatic heterocycles. The van der Waals surface area contributed by atoms with Gasteiger partial charge in [0.1, 0.15) is 5.75 Å². The normalized spacial score (nSPS) is 10.6. The number of halogens is 3. The third-order valence-electron chi connectivity index (χ3n) is 2.37. The average molecular weight is 277 g/mol. The van der Waals surface area contributed by atoms with E-state index in [-0.39, 0.29) is 11.3 Å². The summed E-state index contributed by atoms with van der Waals surface area (Å²) in [4.78, 5) is 0. The van der Waals surface area contributed by atoms with Crippen molar-refractivity contribution < 1.29 is 17.9 Å². The van der Waals surface area contributed by atoms with Crippen molar-refractivity contribution >= 4 is 5.69 Å². The predicted molar refractivity (Wildman–Crippen MR) is 70.0 cm³/mol. The van der Waals surface area contributed by atoms with Crippen LogP contribution in [-0.4, -0.2) is 6.36 Å². The number of ether oxygens (including phenoxy) is 1. The second kappa shape index (κ2) is 5.57. The Bertz CT molecular complexity index is 654. The van der Waals surface area contributed by atoms with Gasteiger partial charge in [-0.1, -0.05) is 30.0 Å². The van der Waals surface area contributed by atoms with E-state index in [9.17, 15) is 13.2 Å². The maximum atomic E-state index is 12.1. The molecule has 0 saturated heterocycles. The molecule has 0 radical (unpaired) electrons. The van der Waals surface area contributed by atoms with Crippen molar-refractivity contribution in [1.82, 2.24) is 0 Å². The lowest BCUT2D eigenvalue weighted by Gasteiger charge is -2.09. The topological polar surface area (TPSA) is 35.2 Å². The van der Waals surface area contributed by atoms with E-state index in [0.717, 1.165) is 11.6 Å². The molecule has 0 heterocycles. The van der Waals surface area contributed by atoms with Crippen LogP contribution in [0.5, 0.6) is 5.75 Å². The van der Waals surface area contributed by atoms with Gasteiger partial charge < -0.3 is 10.5 Å². The number of rotatable bonds is 1. The second-order valence-corrected chi connectivity index (χ2v) is 3.91. The number of anilines is 1. The Morgan fingerprint density at radius 2 is 1.65 bits per heavy atom. The maximum absolute atomic E-state index is 12.1. The third kappa shape index (κ3) is 3.95. The lowest BCUT2D eigenvalue weighted by Crippen LogP contribution is -2.17. The maximum Gasteiger partial charge on any atom is 0.573 e. The summed E-state index contributed by atoms with van der Waals surface area (Å²) in [6.07, 6.45) is -4.74. The van der Waals surface area contributed by atoms with Crippen molar-refractivity contribution in [2.45, 2.75) is 6.36 Å². The first-order chi connectivity index (χ1) is 9.44. The average Bonchev–Trinajstić information content (AvgIpc) is 2.39. The summed E-state index contributed by atoms with van der Waals surface area (Å²) in [6, 6.07) is 12.7. The lowest BCUT2D eigenvalue weighted by atomic mass is 10.1. The largest absolute Gasteiger partial charge is 0.573 e. The van der Waals surface area contributed by atoms with E-state index in [0.29, 0.717) is 5.69 Å². The summed E-state index contributed by atoms with van der Waals surface area (Å²) in [5.41, 5.74) is 7.00. The van der Waals surface area contributed by atoms with Gasteiger partial charge in [-0.05, 0) is 30.3 Å². The van der Waals surface area contributed by atoms with Crippen LogP contribution < -0.4 is 10.5 Å². The number of hydrogen-bond donors (Lipinski definition) is 1. The quantitative estimate of drug-likeness (QED) is 0.639. The van der Waals surface area contributed by atoms with E-state index >= 15 is 0 Å². The van der Waals surface area contributed by atoms with E-state index in [1.165, 1.54) is 12.1 Å². The number of alkyl halides is 3. The van der Waals surface area contributed by atoms with Gasteiger partial charge >= 0.3 is 6.36 Å². The van der Waals surface area contributed by atoms with Gasteiger partial charge in [0.2, 0.25) is 0 Å². The Kier molecular flexibility index (Phi) is 3.85. The first-order valence-electron chi connectivity index (χ1n) is 5.66. The van der Waals surface area contributed by atoms with Crippen molar-refractivity contribution in [3.05, 3.63) is 59.7 Å². The van der Waals surface area contributed by atoms with Crippen LogP contribution in [0.25, 0.3) is 0 Å². The number of hydrogen-bond acceptors (Lipinski definition) is 2. The minimum atomic E-state index is -4.74. The monoisotopic (exact) mass is 277 g/mol. The molecule has 0 aliphatic heterocycles. The van der Waals surface area contributed by atoms with Gasteiger partial charge in [0, 0.05) is 11.3 Å². The molecular formula is C15H10F3NO. The smallest absolute Gasteiger partial charge is 0.406 e. The molecular weight excluding hydrogens is 267 g/mol. The molecule has 0 atom stereocenters. The highest BCUT2D eigenvalue weighted by Gasteiger charge is 2.31. The summed E-state index contributed by atoms with van der Waals surface area (Å²) >= 11 is 0. The molecule has 2 nitrogen and oxygen atoms in total. The molecule has 0 aliphatic rings. The Balaban J connectivity index is 2.28. The fraction of sp³-hybridized carbons (Fsp3) is 0.0667. The molecule has 2 aromatic carbocycles. The zero-order valence-electron chi connectivity index (χ0n) is 10.2. The summed E-state index contributed by atoms with van der Waals surface area (Å²) in [5.74, 6) is 5.21. The van der Waals surface area contributed by atoms with Crippen molar-refractivity contribution in [1.29, 1.82) is 0 Å². The van der Waals surface area contributed by atoms with Crippen molar-refractivity contribution in [3.8, 4) is 17.6 Å². The van der Waals surface area contributed by atoms with Crippen molar-refractivity contribution in [2.24, 2.45) is 0 Å². The summed E-state index contributed by atoms with van der Waals surface area (Å²) in [6.45, 7) is 0. The first kappa shape index (κ1) is 13.8. The van der Waals surface area contributed by atoms with Crippen molar-refractivity contribution in [2.75, 3.05) is 5.73 Å². The van der Waals surface area contributed by atoms with E-state index in [1.54, 1.807) is 12.1 Å². The Labute approximate surface area is 114 Å². The second-order valence-electron chi connectivity index (χ2n) is 3.91. The van der Waals surface area contributed by atoms with Crippen LogP contribution in [-0.2, 0) is 0 Å². The summed E-state index contributed by atoms with van der Waals surface area (Å²) in [7, 11) is 0. The van der Waals surface area contributed by atoms with Gasteiger partial charge in [0.25, 0.3) is 0 Å². The standard InChI is InChI=1S/C15H10F3NO/c16-15(17,18)20-13-8-9-14(19)12(10-13)7-6-11-4-2-1-3-5-11/h1-5,8-10H,19H2. The molecule has 2 aromatic rings. The molecule has 0 amide bonds. The Morgan fingerprint density at radius 1 is 0.950 bits per heavy atom. The number of nitrogens with two attached hydrogens (primary N) is 1. The van der Waals surface area contributed by atoms with Crippen LogP contribution in [0, 0.1) is 11.8 Å². The molecule has 2 N–H and O–H groups in total. The number of nitrogen functional groups attached to an aromatic ring is 1. The third-order valence-corrected chi connectivity index (χ3v) is 2.37. The zero-order chi connectivity index (χ0) is 14.6. The van der Waals surface area contributed by atoms with E-state index in [1.807, 2.05) is 18.2 Å². The minimum absolute atomic E-state index is 0.288. The molecule has 0 spiro atoms. The summed E-state index contributed by atoms with van der Waals surface area (Å²) in [5, 5.41) is 0. The van der Waals surface area contributed by atoms with Crippen LogP contribution in [0.4, 0.5) is 18.9 Å². The molecule has 0 saturated carbocycles. The Hall–Kier alpha value is -2.61. The molecule has 102 valence electrons. The van der Waals surface area contributed by atoms with Gasteiger partial charge in [-0.25, -0.2) is 0 Å². The van der Waals surface area contributed by atoms with Crippen LogP contribution in [0.1, 0.15) is 11.1 Å². The van der Waals surface area contributed by atoms with Crippen LogP contribution in [0.2, 0.25) is 0 Å². The first-order valence-corrected chi connectivity index (χ1v) is 5.66. The molecule has 0 fully saturated rings. The molecule has 0 unspecified atom stereocenters. The summed E-state index contributed by atoms with van der Waals surface area (Å²) < 4.78 is 40.2. The van der Waals surface area contributed by atoms with Gasteiger partial charge in [-0.2, -0.15) is 0 Å².